The Labute approximate surface area is 112 Å². The fraction of sp³-hybridized carbons (Fsp3) is 0.188. The van der Waals surface area contributed by atoms with Crippen LogP contribution in [0.25, 0.3) is 10.8 Å². The molecule has 3 nitrogen and oxygen atoms in total. The number of aliphatic hydroxyl groups is 1. The van der Waals surface area contributed by atoms with E-state index < -0.39 is 5.97 Å². The van der Waals surface area contributed by atoms with Crippen molar-refractivity contribution in [3.8, 4) is 0 Å². The van der Waals surface area contributed by atoms with E-state index in [0.29, 0.717) is 5.57 Å². The molecule has 2 aromatic rings. The molecule has 2 rings (SSSR count). The number of rotatable bonds is 4. The van der Waals surface area contributed by atoms with Crippen LogP contribution in [0.5, 0.6) is 0 Å². The number of esters is 1. The van der Waals surface area contributed by atoms with Crippen molar-refractivity contribution in [1.82, 2.24) is 0 Å². The van der Waals surface area contributed by atoms with E-state index in [0.717, 1.165) is 21.9 Å². The fourth-order valence-corrected chi connectivity index (χ4v) is 2.02. The lowest BCUT2D eigenvalue weighted by Crippen LogP contribution is -2.05. The highest BCUT2D eigenvalue weighted by Gasteiger charge is 2.08. The fourth-order valence-electron chi connectivity index (χ4n) is 2.02. The highest BCUT2D eigenvalue weighted by Crippen LogP contribution is 2.24. The minimum absolute atomic E-state index is 0.0389. The van der Waals surface area contributed by atoms with Crippen molar-refractivity contribution in [1.29, 1.82) is 0 Å². The first-order valence-electron chi connectivity index (χ1n) is 6.06. The minimum Gasteiger partial charge on any atom is -0.457 e. The van der Waals surface area contributed by atoms with Crippen LogP contribution in [-0.4, -0.2) is 11.1 Å². The maximum absolute atomic E-state index is 11.4. The number of hydrogen-bond donors (Lipinski definition) is 1. The van der Waals surface area contributed by atoms with Gasteiger partial charge in [-0.15, -0.1) is 0 Å². The maximum Gasteiger partial charge on any atom is 0.333 e. The Morgan fingerprint density at radius 2 is 1.84 bits per heavy atom. The smallest absolute Gasteiger partial charge is 0.333 e. The van der Waals surface area contributed by atoms with Crippen LogP contribution in [0.2, 0.25) is 0 Å². The summed E-state index contributed by atoms with van der Waals surface area (Å²) >= 11 is 0. The van der Waals surface area contributed by atoms with Gasteiger partial charge < -0.3 is 9.84 Å². The van der Waals surface area contributed by atoms with E-state index in [4.69, 9.17) is 4.74 Å². The number of aliphatic hydroxyl groups excluding tert-OH is 1. The summed E-state index contributed by atoms with van der Waals surface area (Å²) in [5.41, 5.74) is 2.10. The first-order chi connectivity index (χ1) is 9.13. The molecule has 0 aliphatic rings. The van der Waals surface area contributed by atoms with E-state index in [-0.39, 0.29) is 13.2 Å². The Balaban J connectivity index is 2.37. The Hall–Kier alpha value is -2.13. The lowest BCUT2D eigenvalue weighted by atomic mass is 10.00. The summed E-state index contributed by atoms with van der Waals surface area (Å²) in [6, 6.07) is 11.5. The molecule has 0 amide bonds. The van der Waals surface area contributed by atoms with Gasteiger partial charge in [0.25, 0.3) is 0 Å². The van der Waals surface area contributed by atoms with Crippen LogP contribution in [0.15, 0.2) is 48.6 Å². The third-order valence-corrected chi connectivity index (χ3v) is 2.95. The van der Waals surface area contributed by atoms with Crippen LogP contribution < -0.4 is 0 Å². The number of carbonyl (C=O) groups excluding carboxylic acids is 1. The molecule has 0 fully saturated rings. The Morgan fingerprint density at radius 1 is 1.21 bits per heavy atom. The summed E-state index contributed by atoms with van der Waals surface area (Å²) in [4.78, 5) is 11.4. The van der Waals surface area contributed by atoms with Crippen molar-refractivity contribution in [2.45, 2.75) is 20.1 Å². The molecule has 19 heavy (non-hydrogen) atoms. The molecule has 0 aliphatic heterocycles. The van der Waals surface area contributed by atoms with Gasteiger partial charge in [-0.3, -0.25) is 0 Å². The average molecular weight is 256 g/mol. The van der Waals surface area contributed by atoms with Gasteiger partial charge in [0.15, 0.2) is 0 Å². The second-order valence-electron chi connectivity index (χ2n) is 4.45. The van der Waals surface area contributed by atoms with E-state index >= 15 is 0 Å². The summed E-state index contributed by atoms with van der Waals surface area (Å²) in [5, 5.41) is 11.4. The molecule has 0 heterocycles. The lowest BCUT2D eigenvalue weighted by molar-refractivity contribution is -0.140. The number of ether oxygens (including phenoxy) is 1. The van der Waals surface area contributed by atoms with Crippen molar-refractivity contribution >= 4 is 16.7 Å². The monoisotopic (exact) mass is 256 g/mol. The second kappa shape index (κ2) is 5.67. The molecule has 0 saturated carbocycles. The third-order valence-electron chi connectivity index (χ3n) is 2.95. The van der Waals surface area contributed by atoms with Crippen LogP contribution in [0, 0.1) is 0 Å². The molecule has 0 saturated heterocycles. The zero-order valence-corrected chi connectivity index (χ0v) is 10.8. The first kappa shape index (κ1) is 13.3. The van der Waals surface area contributed by atoms with E-state index in [1.807, 2.05) is 36.4 Å². The van der Waals surface area contributed by atoms with Crippen molar-refractivity contribution in [2.24, 2.45) is 0 Å². The molecule has 3 heteroatoms. The Kier molecular flexibility index (Phi) is 3.97. The largest absolute Gasteiger partial charge is 0.457 e. The number of benzene rings is 2. The highest BCUT2D eigenvalue weighted by atomic mass is 16.5. The average Bonchev–Trinajstić information content (AvgIpc) is 2.43. The topological polar surface area (TPSA) is 46.5 Å². The minimum atomic E-state index is -0.404. The van der Waals surface area contributed by atoms with Gasteiger partial charge >= 0.3 is 5.97 Å². The third kappa shape index (κ3) is 2.83. The zero-order valence-electron chi connectivity index (χ0n) is 10.8. The predicted octanol–water partition coefficient (Wildman–Crippen LogP) is 2.95. The van der Waals surface area contributed by atoms with Gasteiger partial charge in [-0.1, -0.05) is 43.0 Å². The van der Waals surface area contributed by atoms with Crippen LogP contribution in [-0.2, 0) is 22.7 Å². The molecule has 0 bridgehead atoms. The molecule has 0 radical (unpaired) electrons. The summed E-state index contributed by atoms with van der Waals surface area (Å²) < 4.78 is 5.18. The standard InChI is InChI=1S/C16H16O3/c1-11(2)16(18)19-10-14-8-4-6-12-5-3-7-13(9-17)15(12)14/h3-8,17H,1,9-10H2,2H3. The molecule has 98 valence electrons. The van der Waals surface area contributed by atoms with Crippen molar-refractivity contribution in [3.05, 3.63) is 59.7 Å². The van der Waals surface area contributed by atoms with Gasteiger partial charge in [0.05, 0.1) is 6.61 Å². The summed E-state index contributed by atoms with van der Waals surface area (Å²) in [7, 11) is 0. The molecule has 0 aliphatic carbocycles. The molecule has 0 unspecified atom stereocenters. The molecular formula is C16H16O3. The maximum atomic E-state index is 11.4. The molecule has 2 aromatic carbocycles. The molecule has 0 aromatic heterocycles. The lowest BCUT2D eigenvalue weighted by Gasteiger charge is -2.11. The van der Waals surface area contributed by atoms with Crippen LogP contribution in [0.1, 0.15) is 18.1 Å². The van der Waals surface area contributed by atoms with E-state index in [9.17, 15) is 9.90 Å². The van der Waals surface area contributed by atoms with Gasteiger partial charge in [-0.25, -0.2) is 4.79 Å². The molecular weight excluding hydrogens is 240 g/mol. The van der Waals surface area contributed by atoms with E-state index in [1.54, 1.807) is 6.92 Å². The van der Waals surface area contributed by atoms with E-state index in [1.165, 1.54) is 0 Å². The van der Waals surface area contributed by atoms with Gasteiger partial charge in [0, 0.05) is 5.57 Å². The van der Waals surface area contributed by atoms with Gasteiger partial charge in [0.2, 0.25) is 0 Å². The molecule has 1 N–H and O–H groups in total. The number of hydrogen-bond acceptors (Lipinski definition) is 3. The summed E-state index contributed by atoms with van der Waals surface area (Å²) in [6.45, 7) is 5.31. The number of carbonyl (C=O) groups is 1. The van der Waals surface area contributed by atoms with Crippen molar-refractivity contribution in [3.63, 3.8) is 0 Å². The molecule has 0 atom stereocenters. The Bertz CT molecular complexity index is 624. The van der Waals surface area contributed by atoms with Gasteiger partial charge in [0.1, 0.15) is 6.61 Å². The zero-order chi connectivity index (χ0) is 13.8. The highest BCUT2D eigenvalue weighted by molar-refractivity contribution is 5.90. The number of fused-ring (bicyclic) bond motifs is 1. The normalized spacial score (nSPS) is 10.4. The van der Waals surface area contributed by atoms with Gasteiger partial charge in [-0.2, -0.15) is 0 Å². The van der Waals surface area contributed by atoms with Crippen molar-refractivity contribution < 1.29 is 14.6 Å². The van der Waals surface area contributed by atoms with Crippen LogP contribution in [0.4, 0.5) is 0 Å². The van der Waals surface area contributed by atoms with Crippen LogP contribution >= 0.6 is 0 Å². The second-order valence-corrected chi connectivity index (χ2v) is 4.45. The van der Waals surface area contributed by atoms with E-state index in [2.05, 4.69) is 6.58 Å². The summed E-state index contributed by atoms with van der Waals surface area (Å²) in [6.07, 6.45) is 0. The predicted molar refractivity (Wildman–Crippen MR) is 74.5 cm³/mol. The van der Waals surface area contributed by atoms with Gasteiger partial charge in [-0.05, 0) is 28.8 Å². The Morgan fingerprint density at radius 3 is 2.42 bits per heavy atom. The first-order valence-corrected chi connectivity index (χ1v) is 6.06. The van der Waals surface area contributed by atoms with Crippen molar-refractivity contribution in [2.75, 3.05) is 0 Å². The quantitative estimate of drug-likeness (QED) is 0.675. The summed E-state index contributed by atoms with van der Waals surface area (Å²) in [5.74, 6) is -0.404. The molecule has 0 spiro atoms. The van der Waals surface area contributed by atoms with Crippen LogP contribution in [0.3, 0.4) is 0 Å². The SMILES string of the molecule is C=C(C)C(=O)OCc1cccc2cccc(CO)c12.